The number of anilines is 1. The predicted octanol–water partition coefficient (Wildman–Crippen LogP) is 1.29. The zero-order valence-corrected chi connectivity index (χ0v) is 12.3. The van der Waals surface area contributed by atoms with Crippen LogP contribution < -0.4 is 16.4 Å². The number of rotatable bonds is 6. The fraction of sp³-hybridized carbons (Fsp3) is 0.467. The first-order valence-electron chi connectivity index (χ1n) is 6.86. The van der Waals surface area contributed by atoms with Gasteiger partial charge in [0.2, 0.25) is 11.8 Å². The van der Waals surface area contributed by atoms with Crippen LogP contribution in [0.4, 0.5) is 5.69 Å². The Morgan fingerprint density at radius 2 is 1.80 bits per heavy atom. The molecule has 4 N–H and O–H groups in total. The molecule has 0 fully saturated rings. The van der Waals surface area contributed by atoms with E-state index in [1.807, 2.05) is 19.1 Å². The van der Waals surface area contributed by atoms with E-state index in [-0.39, 0.29) is 23.8 Å². The van der Waals surface area contributed by atoms with Crippen LogP contribution in [0, 0.1) is 5.92 Å². The molecule has 0 saturated carbocycles. The van der Waals surface area contributed by atoms with Crippen molar-refractivity contribution in [3.8, 4) is 0 Å². The number of benzene rings is 1. The number of amides is 2. The van der Waals surface area contributed by atoms with Crippen molar-refractivity contribution in [3.05, 3.63) is 29.8 Å². The number of carbonyl (C=O) groups is 2. The lowest BCUT2D eigenvalue weighted by atomic mass is 10.0. The Morgan fingerprint density at radius 1 is 1.20 bits per heavy atom. The van der Waals surface area contributed by atoms with Crippen LogP contribution in [0.1, 0.15) is 26.3 Å². The van der Waals surface area contributed by atoms with E-state index >= 15 is 0 Å². The molecule has 2 unspecified atom stereocenters. The highest BCUT2D eigenvalue weighted by atomic mass is 16.2. The van der Waals surface area contributed by atoms with Gasteiger partial charge in [-0.1, -0.05) is 19.1 Å². The first-order chi connectivity index (χ1) is 9.43. The summed E-state index contributed by atoms with van der Waals surface area (Å²) in [6.45, 7) is 6.11. The second kappa shape index (κ2) is 7.65. The zero-order valence-electron chi connectivity index (χ0n) is 12.3. The first-order valence-corrected chi connectivity index (χ1v) is 6.86. The fourth-order valence-corrected chi connectivity index (χ4v) is 1.65. The van der Waals surface area contributed by atoms with Gasteiger partial charge in [0.25, 0.3) is 0 Å². The monoisotopic (exact) mass is 277 g/mol. The highest BCUT2D eigenvalue weighted by molar-refractivity contribution is 5.92. The molecule has 0 saturated heterocycles. The molecule has 0 aliphatic rings. The van der Waals surface area contributed by atoms with Crippen molar-refractivity contribution >= 4 is 17.5 Å². The summed E-state index contributed by atoms with van der Waals surface area (Å²) < 4.78 is 0. The Morgan fingerprint density at radius 3 is 2.30 bits per heavy atom. The zero-order chi connectivity index (χ0) is 15.1. The molecule has 0 radical (unpaired) electrons. The van der Waals surface area contributed by atoms with E-state index in [1.165, 1.54) is 0 Å². The van der Waals surface area contributed by atoms with Crippen molar-refractivity contribution in [2.75, 3.05) is 11.9 Å². The van der Waals surface area contributed by atoms with Gasteiger partial charge in [-0.2, -0.15) is 0 Å². The normalized spacial score (nSPS) is 13.4. The van der Waals surface area contributed by atoms with Crippen molar-refractivity contribution in [1.82, 2.24) is 5.32 Å². The van der Waals surface area contributed by atoms with Crippen LogP contribution >= 0.6 is 0 Å². The number of hydrogen-bond acceptors (Lipinski definition) is 3. The molecular weight excluding hydrogens is 254 g/mol. The summed E-state index contributed by atoms with van der Waals surface area (Å²) in [5.74, 6) is -0.351. The van der Waals surface area contributed by atoms with E-state index in [4.69, 9.17) is 5.73 Å². The minimum absolute atomic E-state index is 0.00476. The average molecular weight is 277 g/mol. The van der Waals surface area contributed by atoms with E-state index in [0.29, 0.717) is 18.7 Å². The van der Waals surface area contributed by atoms with Gasteiger partial charge in [0.15, 0.2) is 0 Å². The molecule has 1 aromatic carbocycles. The van der Waals surface area contributed by atoms with Gasteiger partial charge < -0.3 is 16.4 Å². The fourth-order valence-electron chi connectivity index (χ4n) is 1.65. The van der Waals surface area contributed by atoms with Crippen LogP contribution in [0.3, 0.4) is 0 Å². The maximum atomic E-state index is 11.8. The van der Waals surface area contributed by atoms with Crippen LogP contribution in [0.5, 0.6) is 0 Å². The van der Waals surface area contributed by atoms with Crippen LogP contribution in [0.2, 0.25) is 0 Å². The minimum atomic E-state index is -0.245. The van der Waals surface area contributed by atoms with Crippen molar-refractivity contribution in [3.63, 3.8) is 0 Å². The predicted molar refractivity (Wildman–Crippen MR) is 80.3 cm³/mol. The summed E-state index contributed by atoms with van der Waals surface area (Å²) in [5, 5.41) is 5.55. The second-order valence-electron chi connectivity index (χ2n) is 4.96. The lowest BCUT2D eigenvalue weighted by molar-refractivity contribution is -0.121. The Balaban J connectivity index is 2.58. The molecule has 5 nitrogen and oxygen atoms in total. The highest BCUT2D eigenvalue weighted by Crippen LogP contribution is 2.12. The quantitative estimate of drug-likeness (QED) is 0.732. The van der Waals surface area contributed by atoms with E-state index < -0.39 is 0 Å². The van der Waals surface area contributed by atoms with Gasteiger partial charge in [0.1, 0.15) is 0 Å². The highest BCUT2D eigenvalue weighted by Gasteiger charge is 2.16. The van der Waals surface area contributed by atoms with Crippen LogP contribution in [-0.2, 0) is 16.0 Å². The summed E-state index contributed by atoms with van der Waals surface area (Å²) in [7, 11) is 0. The molecule has 0 aliphatic carbocycles. The lowest BCUT2D eigenvalue weighted by Crippen LogP contribution is -2.34. The molecule has 0 heterocycles. The van der Waals surface area contributed by atoms with Crippen LogP contribution in [0.15, 0.2) is 24.3 Å². The summed E-state index contributed by atoms with van der Waals surface area (Å²) in [6, 6.07) is 7.07. The summed E-state index contributed by atoms with van der Waals surface area (Å²) in [6.07, 6.45) is 0.346. The van der Waals surface area contributed by atoms with Gasteiger partial charge in [0, 0.05) is 18.3 Å². The average Bonchev–Trinajstić information content (AvgIpc) is 2.40. The smallest absolute Gasteiger partial charge is 0.228 e. The van der Waals surface area contributed by atoms with Gasteiger partial charge in [-0.15, -0.1) is 0 Å². The van der Waals surface area contributed by atoms with Gasteiger partial charge in [-0.05, 0) is 31.5 Å². The number of hydrogen-bond donors (Lipinski definition) is 3. The maximum absolute atomic E-state index is 11.8. The Kier molecular flexibility index (Phi) is 6.18. The van der Waals surface area contributed by atoms with Gasteiger partial charge in [-0.3, -0.25) is 9.59 Å². The number of carbonyl (C=O) groups excluding carboxylic acids is 2. The molecule has 2 amide bonds. The molecule has 110 valence electrons. The summed E-state index contributed by atoms with van der Waals surface area (Å²) >= 11 is 0. The Hall–Kier alpha value is -1.88. The third-order valence-electron chi connectivity index (χ3n) is 3.16. The molecule has 2 atom stereocenters. The Labute approximate surface area is 119 Å². The van der Waals surface area contributed by atoms with Crippen LogP contribution in [0.25, 0.3) is 0 Å². The van der Waals surface area contributed by atoms with E-state index in [2.05, 4.69) is 10.6 Å². The molecule has 1 rings (SSSR count). The standard InChI is InChI=1S/C15H23N3O2/c1-4-17-14(19)9-12-5-7-13(8-6-12)18-15(20)10(2)11(3)16/h5-8,10-11H,4,9,16H2,1-3H3,(H,17,19)(H,18,20). The van der Waals surface area contributed by atoms with Crippen molar-refractivity contribution < 1.29 is 9.59 Å². The molecule has 0 aromatic heterocycles. The SMILES string of the molecule is CCNC(=O)Cc1ccc(NC(=O)C(C)C(C)N)cc1. The van der Waals surface area contributed by atoms with Crippen molar-refractivity contribution in [2.45, 2.75) is 33.2 Å². The third-order valence-corrected chi connectivity index (χ3v) is 3.16. The largest absolute Gasteiger partial charge is 0.356 e. The lowest BCUT2D eigenvalue weighted by Gasteiger charge is -2.15. The molecular formula is C15H23N3O2. The maximum Gasteiger partial charge on any atom is 0.228 e. The van der Waals surface area contributed by atoms with E-state index in [1.54, 1.807) is 26.0 Å². The Bertz CT molecular complexity index is 455. The molecule has 0 aliphatic heterocycles. The second-order valence-corrected chi connectivity index (χ2v) is 4.96. The number of likely N-dealkylation sites (N-methyl/N-ethyl adjacent to an activating group) is 1. The van der Waals surface area contributed by atoms with Crippen molar-refractivity contribution in [2.24, 2.45) is 11.7 Å². The summed E-state index contributed by atoms with van der Waals surface area (Å²) in [4.78, 5) is 23.3. The topological polar surface area (TPSA) is 84.2 Å². The number of nitrogens with one attached hydrogen (secondary N) is 2. The van der Waals surface area contributed by atoms with Crippen LogP contribution in [-0.4, -0.2) is 24.4 Å². The molecule has 0 bridgehead atoms. The summed E-state index contributed by atoms with van der Waals surface area (Å²) in [5.41, 5.74) is 7.31. The van der Waals surface area contributed by atoms with Crippen molar-refractivity contribution in [1.29, 1.82) is 0 Å². The van der Waals surface area contributed by atoms with Gasteiger partial charge >= 0.3 is 0 Å². The van der Waals surface area contributed by atoms with Gasteiger partial charge in [-0.25, -0.2) is 0 Å². The molecule has 0 spiro atoms. The van der Waals surface area contributed by atoms with Gasteiger partial charge in [0.05, 0.1) is 12.3 Å². The molecule has 20 heavy (non-hydrogen) atoms. The van der Waals surface area contributed by atoms with E-state index in [9.17, 15) is 9.59 Å². The first kappa shape index (κ1) is 16.2. The molecule has 5 heteroatoms. The van der Waals surface area contributed by atoms with E-state index in [0.717, 1.165) is 5.56 Å². The third kappa shape index (κ3) is 5.01. The minimum Gasteiger partial charge on any atom is -0.356 e. The molecule has 1 aromatic rings. The number of nitrogens with two attached hydrogens (primary N) is 1.